The van der Waals surface area contributed by atoms with Gasteiger partial charge in [0.05, 0.1) is 25.7 Å². The second kappa shape index (κ2) is 26.1. The molecule has 13 nitrogen and oxygen atoms in total. The molecule has 0 saturated heterocycles. The topological polar surface area (TPSA) is 167 Å². The summed E-state index contributed by atoms with van der Waals surface area (Å²) in [6.45, 7) is 11.7. The van der Waals surface area contributed by atoms with Crippen LogP contribution in [0.4, 0.5) is 4.39 Å². The third kappa shape index (κ3) is 15.9. The van der Waals surface area contributed by atoms with Crippen molar-refractivity contribution in [3.05, 3.63) is 90.3 Å². The SMILES string of the molecule is C=C(C)C(=O)Oc1cc(-c2ccc(C3CCC(CCCCC)CC3)cc2F)c(OC(=O)C(=C)C)cc1-c1ccc(OCC(COC(=O)C(=O)CCOC)COC(=O)C(=O)CCOC)cc1. The van der Waals surface area contributed by atoms with Crippen LogP contribution in [0.15, 0.2) is 78.9 Å². The Morgan fingerprint density at radius 3 is 1.71 bits per heavy atom. The first-order chi connectivity index (χ1) is 31.1. The number of carbonyl (C=O) groups is 6. The van der Waals surface area contributed by atoms with E-state index in [2.05, 4.69) is 20.1 Å². The Labute approximate surface area is 380 Å². The molecule has 0 bridgehead atoms. The molecule has 0 unspecified atom stereocenters. The zero-order valence-corrected chi connectivity index (χ0v) is 38.1. The highest BCUT2D eigenvalue weighted by Crippen LogP contribution is 2.44. The molecular weight excluding hydrogens is 840 g/mol. The smallest absolute Gasteiger partial charge is 0.374 e. The van der Waals surface area contributed by atoms with Gasteiger partial charge >= 0.3 is 23.9 Å². The Kier molecular flexibility index (Phi) is 20.7. The zero-order valence-electron chi connectivity index (χ0n) is 38.1. The maximum Gasteiger partial charge on any atom is 0.374 e. The maximum atomic E-state index is 16.3. The molecular formula is C51H61FO13. The molecule has 1 aliphatic carbocycles. The number of rotatable bonds is 26. The normalized spacial score (nSPS) is 14.6. The molecule has 0 aromatic heterocycles. The Hall–Kier alpha value is -5.99. The molecule has 3 aromatic carbocycles. The fourth-order valence-corrected chi connectivity index (χ4v) is 7.24. The average Bonchev–Trinajstić information content (AvgIpc) is 3.30. The summed E-state index contributed by atoms with van der Waals surface area (Å²) in [5, 5.41) is 0. The summed E-state index contributed by atoms with van der Waals surface area (Å²) in [5.74, 6) is -5.37. The van der Waals surface area contributed by atoms with E-state index < -0.39 is 47.2 Å². The van der Waals surface area contributed by atoms with Gasteiger partial charge in [0, 0.05) is 54.9 Å². The Morgan fingerprint density at radius 2 is 1.20 bits per heavy atom. The van der Waals surface area contributed by atoms with Crippen LogP contribution in [0.5, 0.6) is 17.2 Å². The van der Waals surface area contributed by atoms with Gasteiger partial charge < -0.3 is 33.2 Å². The molecule has 0 spiro atoms. The van der Waals surface area contributed by atoms with Crippen LogP contribution in [0.25, 0.3) is 22.3 Å². The molecule has 0 amide bonds. The minimum atomic E-state index is -1.10. The lowest BCUT2D eigenvalue weighted by Gasteiger charge is -2.29. The summed E-state index contributed by atoms with van der Waals surface area (Å²) in [6.07, 6.45) is 8.71. The standard InChI is InChI=1S/C51H61FO13/c1-8-9-10-11-34-12-14-36(15-13-34)38-18-21-40(43(52)26-38)42-28-46(64-48(55)32(2)3)41(27-47(42)65-49(56)33(4)5)37-16-19-39(20-17-37)61-29-35(30-62-50(57)44(53)22-24-59-6)31-63-51(58)45(54)23-25-60-7/h16-21,26-28,34-36H,2,4,8-15,22-25,29-31H2,1,3,5-7H3. The van der Waals surface area contributed by atoms with Gasteiger partial charge in [-0.2, -0.15) is 0 Å². The van der Waals surface area contributed by atoms with Gasteiger partial charge in [-0.05, 0) is 92.8 Å². The molecule has 3 aromatic rings. The third-order valence-electron chi connectivity index (χ3n) is 11.1. The van der Waals surface area contributed by atoms with Crippen LogP contribution in [0.1, 0.15) is 96.5 Å². The number of halogens is 1. The van der Waals surface area contributed by atoms with Gasteiger partial charge in [0.2, 0.25) is 11.6 Å². The number of hydrogen-bond acceptors (Lipinski definition) is 13. The van der Waals surface area contributed by atoms with E-state index in [1.807, 2.05) is 6.07 Å². The van der Waals surface area contributed by atoms with Crippen LogP contribution in [0.3, 0.4) is 0 Å². The molecule has 14 heteroatoms. The molecule has 0 N–H and O–H groups in total. The first kappa shape index (κ1) is 51.6. The molecule has 1 fully saturated rings. The van der Waals surface area contributed by atoms with Crippen LogP contribution >= 0.6 is 0 Å². The lowest BCUT2D eigenvalue weighted by molar-refractivity contribution is -0.159. The first-order valence-corrected chi connectivity index (χ1v) is 22.0. The minimum Gasteiger partial charge on any atom is -0.493 e. The van der Waals surface area contributed by atoms with Crippen molar-refractivity contribution in [3.8, 4) is 39.5 Å². The molecule has 0 atom stereocenters. The predicted octanol–water partition coefficient (Wildman–Crippen LogP) is 9.27. The zero-order chi connectivity index (χ0) is 47.5. The highest BCUT2D eigenvalue weighted by molar-refractivity contribution is 6.34. The largest absolute Gasteiger partial charge is 0.493 e. The van der Waals surface area contributed by atoms with Gasteiger partial charge in [0.25, 0.3) is 0 Å². The monoisotopic (exact) mass is 900 g/mol. The Morgan fingerprint density at radius 1 is 0.662 bits per heavy atom. The average molecular weight is 901 g/mol. The van der Waals surface area contributed by atoms with E-state index in [0.717, 1.165) is 31.2 Å². The van der Waals surface area contributed by atoms with Crippen LogP contribution in [0, 0.1) is 17.7 Å². The van der Waals surface area contributed by atoms with Gasteiger partial charge in [0.15, 0.2) is 0 Å². The van der Waals surface area contributed by atoms with Crippen molar-refractivity contribution in [2.24, 2.45) is 11.8 Å². The highest BCUT2D eigenvalue weighted by atomic mass is 19.1. The van der Waals surface area contributed by atoms with E-state index in [1.165, 1.54) is 71.9 Å². The molecule has 1 saturated carbocycles. The number of esters is 4. The van der Waals surface area contributed by atoms with Gasteiger partial charge in [-0.3, -0.25) is 9.59 Å². The molecule has 0 heterocycles. The van der Waals surface area contributed by atoms with Crippen LogP contribution in [0.2, 0.25) is 0 Å². The van der Waals surface area contributed by atoms with Crippen LogP contribution in [-0.2, 0) is 47.7 Å². The van der Waals surface area contributed by atoms with Crippen molar-refractivity contribution >= 4 is 35.4 Å². The van der Waals surface area contributed by atoms with E-state index in [9.17, 15) is 28.8 Å². The fourth-order valence-electron chi connectivity index (χ4n) is 7.24. The number of benzene rings is 3. The maximum absolute atomic E-state index is 16.3. The number of methoxy groups -OCH3 is 2. The van der Waals surface area contributed by atoms with Crippen molar-refractivity contribution in [1.29, 1.82) is 0 Å². The van der Waals surface area contributed by atoms with Crippen LogP contribution < -0.4 is 14.2 Å². The lowest BCUT2D eigenvalue weighted by atomic mass is 9.77. The molecule has 0 aliphatic heterocycles. The summed E-state index contributed by atoms with van der Waals surface area (Å²) in [7, 11) is 2.77. The van der Waals surface area contributed by atoms with Gasteiger partial charge in [-0.15, -0.1) is 0 Å². The Bertz CT molecular complexity index is 2130. The van der Waals surface area contributed by atoms with E-state index in [-0.39, 0.29) is 85.6 Å². The van der Waals surface area contributed by atoms with E-state index >= 15 is 4.39 Å². The molecule has 350 valence electrons. The van der Waals surface area contributed by atoms with E-state index in [1.54, 1.807) is 30.3 Å². The number of carbonyl (C=O) groups excluding carboxylic acids is 6. The van der Waals surface area contributed by atoms with Crippen molar-refractivity contribution in [3.63, 3.8) is 0 Å². The number of ether oxygens (including phenoxy) is 7. The van der Waals surface area contributed by atoms with Crippen molar-refractivity contribution in [1.82, 2.24) is 0 Å². The van der Waals surface area contributed by atoms with Crippen molar-refractivity contribution in [2.75, 3.05) is 47.3 Å². The summed E-state index contributed by atoms with van der Waals surface area (Å²) in [6, 6.07) is 14.5. The van der Waals surface area contributed by atoms with Crippen molar-refractivity contribution in [2.45, 2.75) is 90.9 Å². The second-order valence-corrected chi connectivity index (χ2v) is 16.4. The van der Waals surface area contributed by atoms with Gasteiger partial charge in [0.1, 0.15) is 36.3 Å². The predicted molar refractivity (Wildman–Crippen MR) is 241 cm³/mol. The Balaban J connectivity index is 1.63. The summed E-state index contributed by atoms with van der Waals surface area (Å²) < 4.78 is 53.9. The number of ketones is 2. The minimum absolute atomic E-state index is 0.00368. The molecule has 1 aliphatic rings. The summed E-state index contributed by atoms with van der Waals surface area (Å²) in [4.78, 5) is 74.9. The number of unbranched alkanes of at least 4 members (excludes halogenated alkanes) is 2. The molecule has 4 rings (SSSR count). The highest BCUT2D eigenvalue weighted by Gasteiger charge is 2.26. The fraction of sp³-hybridized carbons (Fsp3) is 0.451. The van der Waals surface area contributed by atoms with E-state index in [4.69, 9.17) is 33.2 Å². The number of hydrogen-bond donors (Lipinski definition) is 0. The van der Waals surface area contributed by atoms with Crippen molar-refractivity contribution < 1.29 is 66.3 Å². The third-order valence-corrected chi connectivity index (χ3v) is 11.1. The first-order valence-electron chi connectivity index (χ1n) is 22.0. The quantitative estimate of drug-likeness (QED) is 0.0246. The molecule has 65 heavy (non-hydrogen) atoms. The number of Topliss-reactive ketones (excluding diaryl/α,β-unsaturated/α-hetero) is 2. The van der Waals surface area contributed by atoms with Gasteiger partial charge in [-0.1, -0.05) is 70.0 Å². The molecule has 0 radical (unpaired) electrons. The lowest BCUT2D eigenvalue weighted by Crippen LogP contribution is -2.30. The summed E-state index contributed by atoms with van der Waals surface area (Å²) in [5.41, 5.74) is 2.21. The second-order valence-electron chi connectivity index (χ2n) is 16.4. The summed E-state index contributed by atoms with van der Waals surface area (Å²) >= 11 is 0. The van der Waals surface area contributed by atoms with Crippen LogP contribution in [-0.4, -0.2) is 82.7 Å². The van der Waals surface area contributed by atoms with E-state index in [0.29, 0.717) is 22.8 Å². The van der Waals surface area contributed by atoms with Gasteiger partial charge in [-0.25, -0.2) is 23.6 Å².